The van der Waals surface area contributed by atoms with E-state index in [2.05, 4.69) is 70.8 Å². The summed E-state index contributed by atoms with van der Waals surface area (Å²) < 4.78 is 5.38. The fourth-order valence-electron chi connectivity index (χ4n) is 3.61. The van der Waals surface area contributed by atoms with Gasteiger partial charge in [-0.05, 0) is 62.0 Å². The van der Waals surface area contributed by atoms with Gasteiger partial charge in [0, 0.05) is 12.0 Å². The number of alkyl carbamates (subject to hydrolysis) is 1. The van der Waals surface area contributed by atoms with Crippen molar-refractivity contribution in [1.82, 2.24) is 5.32 Å². The molecule has 0 heterocycles. The molecule has 33 heavy (non-hydrogen) atoms. The Bertz CT molecular complexity index is 799. The Kier molecular flexibility index (Phi) is 10.2. The SMILES string of the molecule is C=C(C[C@H](O)[C@H](C[C@H](Cc1ccc(C(C)(C)C)cc1)C(C)C)NC(=O)OC(C)(C)C)C(=O)O. The number of carbonyl (C=O) groups is 2. The highest BCUT2D eigenvalue weighted by atomic mass is 16.6. The molecule has 0 saturated carbocycles. The quantitative estimate of drug-likeness (QED) is 0.401. The number of amides is 1. The zero-order valence-corrected chi connectivity index (χ0v) is 21.6. The number of carboxylic acid groups (broad SMARTS) is 1. The second-order valence-electron chi connectivity index (χ2n) is 11.3. The van der Waals surface area contributed by atoms with E-state index in [4.69, 9.17) is 9.84 Å². The van der Waals surface area contributed by atoms with E-state index in [1.807, 2.05) is 0 Å². The molecule has 6 heteroatoms. The highest BCUT2D eigenvalue weighted by Gasteiger charge is 2.30. The molecule has 0 bridgehead atoms. The van der Waals surface area contributed by atoms with Gasteiger partial charge in [-0.1, -0.05) is 65.5 Å². The Balaban J connectivity index is 3.06. The van der Waals surface area contributed by atoms with Crippen LogP contribution < -0.4 is 5.32 Å². The molecule has 3 atom stereocenters. The van der Waals surface area contributed by atoms with Crippen LogP contribution in [0.25, 0.3) is 0 Å². The van der Waals surface area contributed by atoms with Crippen molar-refractivity contribution < 1.29 is 24.5 Å². The van der Waals surface area contributed by atoms with Crippen molar-refractivity contribution in [2.24, 2.45) is 11.8 Å². The third kappa shape index (κ3) is 10.4. The summed E-state index contributed by atoms with van der Waals surface area (Å²) in [7, 11) is 0. The number of hydrogen-bond donors (Lipinski definition) is 3. The van der Waals surface area contributed by atoms with Gasteiger partial charge in [0.2, 0.25) is 0 Å². The van der Waals surface area contributed by atoms with E-state index >= 15 is 0 Å². The van der Waals surface area contributed by atoms with Gasteiger partial charge < -0.3 is 20.3 Å². The molecule has 1 amide bonds. The molecule has 0 aliphatic rings. The fourth-order valence-corrected chi connectivity index (χ4v) is 3.61. The topological polar surface area (TPSA) is 95.9 Å². The molecule has 0 unspecified atom stereocenters. The number of aliphatic hydroxyl groups is 1. The molecule has 1 aromatic carbocycles. The fraction of sp³-hybridized carbons (Fsp3) is 0.630. The maximum Gasteiger partial charge on any atom is 0.407 e. The number of rotatable bonds is 10. The van der Waals surface area contributed by atoms with E-state index in [1.54, 1.807) is 20.8 Å². The lowest BCUT2D eigenvalue weighted by Gasteiger charge is -2.31. The molecule has 0 radical (unpaired) electrons. The standard InChI is InChI=1S/C27H43NO5/c1-17(2)20(15-19-10-12-21(13-11-19)26(4,5)6)16-22(23(29)14-18(3)24(30)31)28-25(32)33-27(7,8)9/h10-13,17,20,22-23,29H,3,14-16H2,1-2,4-9H3,(H,28,32)(H,30,31)/t20-,22-,23-/m0/s1. The smallest absolute Gasteiger partial charge is 0.407 e. The first-order valence-electron chi connectivity index (χ1n) is 11.7. The molecule has 3 N–H and O–H groups in total. The number of nitrogens with one attached hydrogen (secondary N) is 1. The lowest BCUT2D eigenvalue weighted by Crippen LogP contribution is -2.47. The predicted octanol–water partition coefficient (Wildman–Crippen LogP) is 5.47. The third-order valence-electron chi connectivity index (χ3n) is 5.74. The van der Waals surface area contributed by atoms with Gasteiger partial charge >= 0.3 is 12.1 Å². The Morgan fingerprint density at radius 2 is 1.61 bits per heavy atom. The van der Waals surface area contributed by atoms with Crippen molar-refractivity contribution in [1.29, 1.82) is 0 Å². The van der Waals surface area contributed by atoms with Crippen LogP contribution in [0.1, 0.15) is 79.4 Å². The summed E-state index contributed by atoms with van der Waals surface area (Å²) in [4.78, 5) is 23.7. The van der Waals surface area contributed by atoms with Gasteiger partial charge in [-0.3, -0.25) is 0 Å². The molecule has 6 nitrogen and oxygen atoms in total. The second kappa shape index (κ2) is 11.7. The Hall–Kier alpha value is -2.34. The molecular weight excluding hydrogens is 418 g/mol. The Labute approximate surface area is 199 Å². The first-order chi connectivity index (χ1) is 15.0. The van der Waals surface area contributed by atoms with E-state index in [-0.39, 0.29) is 29.2 Å². The normalized spacial score (nSPS) is 15.0. The second-order valence-corrected chi connectivity index (χ2v) is 11.3. The molecule has 0 aliphatic carbocycles. The number of hydrogen-bond acceptors (Lipinski definition) is 4. The van der Waals surface area contributed by atoms with Gasteiger partial charge in [0.05, 0.1) is 12.1 Å². The van der Waals surface area contributed by atoms with Gasteiger partial charge in [-0.25, -0.2) is 9.59 Å². The van der Waals surface area contributed by atoms with E-state index in [0.29, 0.717) is 6.42 Å². The molecule has 0 spiro atoms. The number of ether oxygens (including phenoxy) is 1. The van der Waals surface area contributed by atoms with Crippen LogP contribution in [0.2, 0.25) is 0 Å². The minimum absolute atomic E-state index is 0.0784. The number of benzene rings is 1. The van der Waals surface area contributed by atoms with Crippen LogP contribution in [0.3, 0.4) is 0 Å². The number of carbonyl (C=O) groups excluding carboxylic acids is 1. The zero-order valence-electron chi connectivity index (χ0n) is 21.6. The summed E-state index contributed by atoms with van der Waals surface area (Å²) in [5, 5.41) is 22.7. The molecule has 186 valence electrons. The van der Waals surface area contributed by atoms with Crippen molar-refractivity contribution in [3.05, 3.63) is 47.5 Å². The van der Waals surface area contributed by atoms with Gasteiger partial charge in [0.25, 0.3) is 0 Å². The number of carboxylic acids is 1. The summed E-state index contributed by atoms with van der Waals surface area (Å²) in [6.45, 7) is 19.6. The van der Waals surface area contributed by atoms with Crippen LogP contribution >= 0.6 is 0 Å². The van der Waals surface area contributed by atoms with Crippen molar-refractivity contribution in [3.8, 4) is 0 Å². The summed E-state index contributed by atoms with van der Waals surface area (Å²) >= 11 is 0. The monoisotopic (exact) mass is 461 g/mol. The first kappa shape index (κ1) is 28.7. The molecule has 1 rings (SSSR count). The van der Waals surface area contributed by atoms with Gasteiger partial charge in [-0.15, -0.1) is 0 Å². The van der Waals surface area contributed by atoms with Crippen LogP contribution in [0.5, 0.6) is 0 Å². The Morgan fingerprint density at radius 1 is 1.06 bits per heavy atom. The largest absolute Gasteiger partial charge is 0.478 e. The van der Waals surface area contributed by atoms with Crippen molar-refractivity contribution in [3.63, 3.8) is 0 Å². The number of aliphatic hydroxyl groups excluding tert-OH is 1. The zero-order chi connectivity index (χ0) is 25.6. The molecule has 1 aromatic rings. The lowest BCUT2D eigenvalue weighted by molar-refractivity contribution is -0.133. The van der Waals surface area contributed by atoms with Crippen molar-refractivity contribution in [2.45, 2.75) is 97.8 Å². The van der Waals surface area contributed by atoms with Crippen molar-refractivity contribution >= 4 is 12.1 Å². The van der Waals surface area contributed by atoms with E-state index in [0.717, 1.165) is 6.42 Å². The maximum absolute atomic E-state index is 12.5. The molecular formula is C27H43NO5. The molecule has 0 aromatic heterocycles. The molecule has 0 aliphatic heterocycles. The average molecular weight is 462 g/mol. The summed E-state index contributed by atoms with van der Waals surface area (Å²) in [6.07, 6.45) is -0.608. The summed E-state index contributed by atoms with van der Waals surface area (Å²) in [6, 6.07) is 7.89. The Morgan fingerprint density at radius 3 is 2.03 bits per heavy atom. The highest BCUT2D eigenvalue weighted by Crippen LogP contribution is 2.27. The first-order valence-corrected chi connectivity index (χ1v) is 11.7. The number of aliphatic carboxylic acids is 1. The van der Waals surface area contributed by atoms with E-state index in [9.17, 15) is 14.7 Å². The van der Waals surface area contributed by atoms with Gasteiger partial charge in [0.1, 0.15) is 5.60 Å². The highest BCUT2D eigenvalue weighted by molar-refractivity contribution is 5.85. The van der Waals surface area contributed by atoms with Crippen LogP contribution in [-0.4, -0.2) is 40.0 Å². The van der Waals surface area contributed by atoms with Crippen LogP contribution in [0.15, 0.2) is 36.4 Å². The maximum atomic E-state index is 12.5. The minimum atomic E-state index is -1.16. The van der Waals surface area contributed by atoms with Crippen LogP contribution in [0, 0.1) is 11.8 Å². The average Bonchev–Trinajstić information content (AvgIpc) is 2.64. The van der Waals surface area contributed by atoms with Gasteiger partial charge in [-0.2, -0.15) is 0 Å². The lowest BCUT2D eigenvalue weighted by atomic mass is 9.81. The van der Waals surface area contributed by atoms with Crippen LogP contribution in [0.4, 0.5) is 4.79 Å². The van der Waals surface area contributed by atoms with Crippen LogP contribution in [-0.2, 0) is 21.4 Å². The van der Waals surface area contributed by atoms with E-state index in [1.165, 1.54) is 11.1 Å². The predicted molar refractivity (Wildman–Crippen MR) is 132 cm³/mol. The van der Waals surface area contributed by atoms with E-state index < -0.39 is 29.8 Å². The van der Waals surface area contributed by atoms with Gasteiger partial charge in [0.15, 0.2) is 0 Å². The molecule has 0 saturated heterocycles. The van der Waals surface area contributed by atoms with Crippen molar-refractivity contribution in [2.75, 3.05) is 0 Å². The minimum Gasteiger partial charge on any atom is -0.478 e. The molecule has 0 fully saturated rings. The summed E-state index contributed by atoms with van der Waals surface area (Å²) in [5.74, 6) is -0.729. The summed E-state index contributed by atoms with van der Waals surface area (Å²) in [5.41, 5.74) is 1.74. The third-order valence-corrected chi connectivity index (χ3v) is 5.74.